The lowest BCUT2D eigenvalue weighted by molar-refractivity contribution is 0.249. The summed E-state index contributed by atoms with van der Waals surface area (Å²) >= 11 is 6.51. The van der Waals surface area contributed by atoms with E-state index >= 15 is 4.39 Å². The van der Waals surface area contributed by atoms with Gasteiger partial charge in [0.15, 0.2) is 11.6 Å². The summed E-state index contributed by atoms with van der Waals surface area (Å²) in [6, 6.07) is 0.943. The summed E-state index contributed by atoms with van der Waals surface area (Å²) in [6.07, 6.45) is 3.72. The molecule has 0 saturated carbocycles. The Morgan fingerprint density at radius 3 is 2.58 bits per heavy atom. The molecule has 0 aliphatic carbocycles. The van der Waals surface area contributed by atoms with Crippen LogP contribution in [0.25, 0.3) is 0 Å². The predicted octanol–water partition coefficient (Wildman–Crippen LogP) is 5.18. The van der Waals surface area contributed by atoms with Crippen LogP contribution in [-0.4, -0.2) is 67.3 Å². The molecule has 11 heteroatoms. The Morgan fingerprint density at radius 2 is 1.94 bits per heavy atom. The number of hydrogen-bond donors (Lipinski definition) is 1. The van der Waals surface area contributed by atoms with Gasteiger partial charge in [0, 0.05) is 30.9 Å². The fourth-order valence-electron chi connectivity index (χ4n) is 4.18. The topological polar surface area (TPSA) is 83.1 Å². The number of halogens is 2. The molecule has 1 aromatic carbocycles. The number of unbranched alkanes of at least 4 members (excludes halogenated alkanes) is 1. The van der Waals surface area contributed by atoms with Crippen molar-refractivity contribution >= 4 is 35.1 Å². The summed E-state index contributed by atoms with van der Waals surface area (Å²) in [6.45, 7) is 12.6. The molecule has 0 fully saturated rings. The third-order valence-electron chi connectivity index (χ3n) is 6.18. The van der Waals surface area contributed by atoms with Crippen LogP contribution in [-0.2, 0) is 6.54 Å². The number of fused-ring (bicyclic) bond motifs is 1. The lowest BCUT2D eigenvalue weighted by atomic mass is 10.1. The Kier molecular flexibility index (Phi) is 9.95. The summed E-state index contributed by atoms with van der Waals surface area (Å²) in [5.74, 6) is 0.411. The molecule has 1 aliphatic rings. The van der Waals surface area contributed by atoms with Gasteiger partial charge in [0.1, 0.15) is 22.3 Å². The van der Waals surface area contributed by atoms with Crippen molar-refractivity contribution < 1.29 is 18.7 Å². The van der Waals surface area contributed by atoms with E-state index in [1.807, 2.05) is 6.92 Å². The standard InChI is InChI=1S/C25H36ClFN6O3/c1-6-31(7-2)13-11-10-12-28-24-29-15-17-16-33(25(34)32(8-3)23(17)30-24)22-20(26)18(36-9-4)14-19(35-5)21(22)27/h14-15H,6-13,16H2,1-5H3,(H,28,29,30). The summed E-state index contributed by atoms with van der Waals surface area (Å²) in [4.78, 5) is 27.7. The van der Waals surface area contributed by atoms with Crippen LogP contribution in [0.4, 0.5) is 26.6 Å². The van der Waals surface area contributed by atoms with Crippen LogP contribution >= 0.6 is 11.6 Å². The number of urea groups is 1. The van der Waals surface area contributed by atoms with E-state index in [1.165, 1.54) is 23.0 Å². The fourth-order valence-corrected chi connectivity index (χ4v) is 4.48. The number of ether oxygens (including phenoxy) is 2. The number of carbonyl (C=O) groups is 1. The van der Waals surface area contributed by atoms with Crippen molar-refractivity contribution in [1.82, 2.24) is 14.9 Å². The zero-order valence-electron chi connectivity index (χ0n) is 21.7. The maximum Gasteiger partial charge on any atom is 0.330 e. The van der Waals surface area contributed by atoms with Gasteiger partial charge in [-0.2, -0.15) is 4.98 Å². The summed E-state index contributed by atoms with van der Waals surface area (Å²) < 4.78 is 26.1. The average molecular weight is 523 g/mol. The molecule has 9 nitrogen and oxygen atoms in total. The maximum atomic E-state index is 15.4. The average Bonchev–Trinajstić information content (AvgIpc) is 2.88. The molecule has 0 atom stereocenters. The highest BCUT2D eigenvalue weighted by Gasteiger charge is 2.36. The Labute approximate surface area is 217 Å². The molecule has 0 saturated heterocycles. The molecule has 0 spiro atoms. The van der Waals surface area contributed by atoms with E-state index in [0.29, 0.717) is 30.5 Å². The number of aromatic nitrogens is 2. The van der Waals surface area contributed by atoms with Crippen molar-refractivity contribution in [3.8, 4) is 11.5 Å². The quantitative estimate of drug-likeness (QED) is 0.363. The number of nitrogens with one attached hydrogen (secondary N) is 1. The van der Waals surface area contributed by atoms with Gasteiger partial charge in [-0.25, -0.2) is 14.2 Å². The number of rotatable bonds is 13. The number of nitrogens with zero attached hydrogens (tertiary/aromatic N) is 5. The Balaban J connectivity index is 1.82. The SMILES string of the molecule is CCOc1cc(OC)c(F)c(N2Cc3cnc(NCCCCN(CC)CC)nc3N(CC)C2=O)c1Cl. The first-order chi connectivity index (χ1) is 17.4. The lowest BCUT2D eigenvalue weighted by Gasteiger charge is -2.36. The van der Waals surface area contributed by atoms with Crippen molar-refractivity contribution in [3.63, 3.8) is 0 Å². The fraction of sp³-hybridized carbons (Fsp3) is 0.560. The normalized spacial score (nSPS) is 13.3. The third kappa shape index (κ3) is 5.92. The zero-order valence-corrected chi connectivity index (χ0v) is 22.5. The molecule has 2 aromatic rings. The van der Waals surface area contributed by atoms with Gasteiger partial charge in [-0.3, -0.25) is 9.80 Å². The largest absolute Gasteiger partial charge is 0.493 e. The predicted molar refractivity (Wildman–Crippen MR) is 141 cm³/mol. The van der Waals surface area contributed by atoms with E-state index in [4.69, 9.17) is 21.1 Å². The molecule has 1 aromatic heterocycles. The van der Waals surface area contributed by atoms with Gasteiger partial charge in [-0.15, -0.1) is 0 Å². The van der Waals surface area contributed by atoms with Gasteiger partial charge >= 0.3 is 6.03 Å². The van der Waals surface area contributed by atoms with Gasteiger partial charge in [-0.1, -0.05) is 25.4 Å². The van der Waals surface area contributed by atoms with Crippen molar-refractivity contribution in [1.29, 1.82) is 0 Å². The Hall–Kier alpha value is -2.85. The molecule has 198 valence electrons. The monoisotopic (exact) mass is 522 g/mol. The molecule has 3 rings (SSSR count). The van der Waals surface area contributed by atoms with Crippen LogP contribution in [0.1, 0.15) is 46.1 Å². The first-order valence-electron chi connectivity index (χ1n) is 12.5. The summed E-state index contributed by atoms with van der Waals surface area (Å²) in [5.41, 5.74) is 0.587. The minimum Gasteiger partial charge on any atom is -0.493 e. The molecule has 2 amide bonds. The van der Waals surface area contributed by atoms with E-state index in [0.717, 1.165) is 39.0 Å². The second kappa shape index (κ2) is 12.9. The van der Waals surface area contributed by atoms with Crippen LogP contribution in [0, 0.1) is 5.82 Å². The van der Waals surface area contributed by atoms with E-state index in [2.05, 4.69) is 34.0 Å². The molecule has 1 N–H and O–H groups in total. The highest BCUT2D eigenvalue weighted by atomic mass is 35.5. The minimum absolute atomic E-state index is 0.00641. The second-order valence-electron chi connectivity index (χ2n) is 8.30. The molecule has 0 unspecified atom stereocenters. The number of hydrogen-bond acceptors (Lipinski definition) is 7. The smallest absolute Gasteiger partial charge is 0.330 e. The first kappa shape index (κ1) is 27.7. The van der Waals surface area contributed by atoms with E-state index in [1.54, 1.807) is 13.1 Å². The molecule has 1 aliphatic heterocycles. The van der Waals surface area contributed by atoms with Crippen LogP contribution in [0.15, 0.2) is 12.3 Å². The van der Waals surface area contributed by atoms with Crippen molar-refractivity contribution in [2.24, 2.45) is 0 Å². The number of amides is 2. The van der Waals surface area contributed by atoms with Crippen molar-refractivity contribution in [2.75, 3.05) is 61.6 Å². The molecule has 0 bridgehead atoms. The maximum absolute atomic E-state index is 15.4. The molecular formula is C25H36ClFN6O3. The van der Waals surface area contributed by atoms with Gasteiger partial charge in [0.25, 0.3) is 0 Å². The van der Waals surface area contributed by atoms with Crippen molar-refractivity contribution in [3.05, 3.63) is 28.7 Å². The van der Waals surface area contributed by atoms with Crippen LogP contribution in [0.5, 0.6) is 11.5 Å². The lowest BCUT2D eigenvalue weighted by Crippen LogP contribution is -2.48. The van der Waals surface area contributed by atoms with Crippen LogP contribution in [0.3, 0.4) is 0 Å². The summed E-state index contributed by atoms with van der Waals surface area (Å²) in [7, 11) is 1.35. The molecule has 2 heterocycles. The van der Waals surface area contributed by atoms with Gasteiger partial charge in [0.2, 0.25) is 5.95 Å². The van der Waals surface area contributed by atoms with E-state index < -0.39 is 11.8 Å². The Bertz CT molecular complexity index is 1050. The third-order valence-corrected chi connectivity index (χ3v) is 6.55. The van der Waals surface area contributed by atoms with Crippen LogP contribution in [0.2, 0.25) is 5.02 Å². The number of methoxy groups -OCH3 is 1. The highest BCUT2D eigenvalue weighted by Crippen LogP contribution is 2.44. The first-order valence-corrected chi connectivity index (χ1v) is 12.9. The molecule has 0 radical (unpaired) electrons. The molecule has 36 heavy (non-hydrogen) atoms. The highest BCUT2D eigenvalue weighted by molar-refractivity contribution is 6.35. The van der Waals surface area contributed by atoms with E-state index in [9.17, 15) is 4.79 Å². The van der Waals surface area contributed by atoms with E-state index in [-0.39, 0.29) is 28.8 Å². The van der Waals surface area contributed by atoms with Crippen LogP contribution < -0.4 is 24.6 Å². The second-order valence-corrected chi connectivity index (χ2v) is 8.68. The Morgan fingerprint density at radius 1 is 1.19 bits per heavy atom. The number of carbonyl (C=O) groups excluding carboxylic acids is 1. The number of benzene rings is 1. The minimum atomic E-state index is -0.734. The zero-order chi connectivity index (χ0) is 26.2. The molecular weight excluding hydrogens is 487 g/mol. The van der Waals surface area contributed by atoms with Gasteiger partial charge in [0.05, 0.1) is 20.3 Å². The summed E-state index contributed by atoms with van der Waals surface area (Å²) in [5, 5.41) is 3.26. The van der Waals surface area contributed by atoms with Gasteiger partial charge in [-0.05, 0) is 46.3 Å². The van der Waals surface area contributed by atoms with Gasteiger partial charge < -0.3 is 19.7 Å². The number of anilines is 3. The van der Waals surface area contributed by atoms with Crippen molar-refractivity contribution in [2.45, 2.75) is 47.1 Å².